The first-order chi connectivity index (χ1) is 5.38. The summed E-state index contributed by atoms with van der Waals surface area (Å²) >= 11 is 2.43. The van der Waals surface area contributed by atoms with Gasteiger partial charge < -0.3 is 4.74 Å². The number of hydrogen-bond donors (Lipinski definition) is 0. The van der Waals surface area contributed by atoms with E-state index in [9.17, 15) is 0 Å². The molecule has 1 fully saturated rings. The third-order valence-electron chi connectivity index (χ3n) is 2.19. The predicted molar refractivity (Wildman–Crippen MR) is 55.4 cm³/mol. The molecule has 11 heavy (non-hydrogen) atoms. The Morgan fingerprint density at radius 2 is 2.45 bits per heavy atom. The fourth-order valence-electron chi connectivity index (χ4n) is 1.47. The highest BCUT2D eigenvalue weighted by atomic mass is 127. The van der Waals surface area contributed by atoms with Gasteiger partial charge in [0.05, 0.1) is 13.2 Å². The number of halogens is 1. The molecule has 0 radical (unpaired) electrons. The first-order valence-corrected chi connectivity index (χ1v) is 5.78. The van der Waals surface area contributed by atoms with Crippen molar-refractivity contribution in [2.24, 2.45) is 0 Å². The first kappa shape index (κ1) is 9.74. The van der Waals surface area contributed by atoms with E-state index in [4.69, 9.17) is 4.74 Å². The van der Waals surface area contributed by atoms with Gasteiger partial charge in [0.25, 0.3) is 0 Å². The first-order valence-electron chi connectivity index (χ1n) is 4.26. The van der Waals surface area contributed by atoms with Crippen LogP contribution in [0.25, 0.3) is 0 Å². The smallest absolute Gasteiger partial charge is 0.0622 e. The second-order valence-corrected chi connectivity index (χ2v) is 3.94. The van der Waals surface area contributed by atoms with E-state index < -0.39 is 0 Å². The topological polar surface area (TPSA) is 12.5 Å². The molecule has 0 spiro atoms. The molecular formula is C8H16INO. The van der Waals surface area contributed by atoms with E-state index in [1.165, 1.54) is 17.4 Å². The maximum Gasteiger partial charge on any atom is 0.0622 e. The summed E-state index contributed by atoms with van der Waals surface area (Å²) in [6, 6.07) is 0.679. The van der Waals surface area contributed by atoms with E-state index in [1.54, 1.807) is 0 Å². The van der Waals surface area contributed by atoms with Crippen molar-refractivity contribution in [2.75, 3.05) is 30.7 Å². The zero-order valence-electron chi connectivity index (χ0n) is 7.05. The Morgan fingerprint density at radius 1 is 1.64 bits per heavy atom. The molecule has 0 aliphatic carbocycles. The van der Waals surface area contributed by atoms with E-state index in [0.29, 0.717) is 6.04 Å². The van der Waals surface area contributed by atoms with Gasteiger partial charge in [-0.1, -0.05) is 29.5 Å². The van der Waals surface area contributed by atoms with Gasteiger partial charge in [0.15, 0.2) is 0 Å². The Bertz CT molecular complexity index is 108. The summed E-state index contributed by atoms with van der Waals surface area (Å²) in [4.78, 5) is 2.54. The van der Waals surface area contributed by atoms with Crippen LogP contribution in [0.1, 0.15) is 13.3 Å². The van der Waals surface area contributed by atoms with Crippen LogP contribution in [0.3, 0.4) is 0 Å². The number of alkyl halides is 1. The minimum absolute atomic E-state index is 0.679. The van der Waals surface area contributed by atoms with E-state index in [1.807, 2.05) is 0 Å². The van der Waals surface area contributed by atoms with Gasteiger partial charge in [0.2, 0.25) is 0 Å². The van der Waals surface area contributed by atoms with Crippen molar-refractivity contribution in [3.05, 3.63) is 0 Å². The number of hydrogen-bond acceptors (Lipinski definition) is 2. The highest BCUT2D eigenvalue weighted by molar-refractivity contribution is 14.1. The van der Waals surface area contributed by atoms with Gasteiger partial charge in [-0.3, -0.25) is 4.90 Å². The van der Waals surface area contributed by atoms with Crippen LogP contribution in [0.5, 0.6) is 0 Å². The second kappa shape index (κ2) is 5.32. The fourth-order valence-corrected chi connectivity index (χ4v) is 2.09. The summed E-state index contributed by atoms with van der Waals surface area (Å²) < 4.78 is 6.64. The van der Waals surface area contributed by atoms with Crippen molar-refractivity contribution in [3.63, 3.8) is 0 Å². The standard InChI is InChI=1S/C8H16INO/c1-2-8-7-11-6-5-10(8)4-3-9/h8H,2-7H2,1H3. The lowest BCUT2D eigenvalue weighted by Crippen LogP contribution is -2.45. The van der Waals surface area contributed by atoms with Crippen LogP contribution in [0, 0.1) is 0 Å². The van der Waals surface area contributed by atoms with Crippen LogP contribution in [-0.2, 0) is 4.74 Å². The van der Waals surface area contributed by atoms with Gasteiger partial charge >= 0.3 is 0 Å². The maximum atomic E-state index is 5.41. The predicted octanol–water partition coefficient (Wildman–Crippen LogP) is 1.53. The average molecular weight is 269 g/mol. The van der Waals surface area contributed by atoms with Crippen LogP contribution in [-0.4, -0.2) is 41.7 Å². The molecule has 1 atom stereocenters. The Morgan fingerprint density at radius 3 is 3.09 bits per heavy atom. The van der Waals surface area contributed by atoms with Gasteiger partial charge in [-0.15, -0.1) is 0 Å². The van der Waals surface area contributed by atoms with E-state index >= 15 is 0 Å². The molecule has 0 N–H and O–H groups in total. The molecule has 2 nitrogen and oxygen atoms in total. The van der Waals surface area contributed by atoms with Crippen LogP contribution in [0.2, 0.25) is 0 Å². The summed E-state index contributed by atoms with van der Waals surface area (Å²) in [5.74, 6) is 0. The fraction of sp³-hybridized carbons (Fsp3) is 1.00. The molecule has 1 heterocycles. The lowest BCUT2D eigenvalue weighted by Gasteiger charge is -2.34. The highest BCUT2D eigenvalue weighted by Gasteiger charge is 2.19. The Labute approximate surface area is 82.4 Å². The normalized spacial score (nSPS) is 27.3. The van der Waals surface area contributed by atoms with Crippen LogP contribution < -0.4 is 0 Å². The minimum atomic E-state index is 0.679. The van der Waals surface area contributed by atoms with Gasteiger partial charge in [-0.25, -0.2) is 0 Å². The van der Waals surface area contributed by atoms with Gasteiger partial charge in [-0.2, -0.15) is 0 Å². The third kappa shape index (κ3) is 2.87. The van der Waals surface area contributed by atoms with E-state index in [-0.39, 0.29) is 0 Å². The largest absolute Gasteiger partial charge is 0.378 e. The third-order valence-corrected chi connectivity index (χ3v) is 2.67. The molecule has 1 rings (SSSR count). The van der Waals surface area contributed by atoms with Gasteiger partial charge in [-0.05, 0) is 6.42 Å². The Hall–Kier alpha value is 0.650. The van der Waals surface area contributed by atoms with Crippen molar-refractivity contribution >= 4 is 22.6 Å². The summed E-state index contributed by atoms with van der Waals surface area (Å²) in [5, 5.41) is 0. The van der Waals surface area contributed by atoms with Gasteiger partial charge in [0, 0.05) is 23.6 Å². The number of ether oxygens (including phenoxy) is 1. The Balaban J connectivity index is 2.31. The maximum absolute atomic E-state index is 5.41. The zero-order chi connectivity index (χ0) is 8.10. The quantitative estimate of drug-likeness (QED) is 0.569. The zero-order valence-corrected chi connectivity index (χ0v) is 9.21. The van der Waals surface area contributed by atoms with Crippen LogP contribution in [0.15, 0.2) is 0 Å². The van der Waals surface area contributed by atoms with Crippen molar-refractivity contribution in [1.29, 1.82) is 0 Å². The van der Waals surface area contributed by atoms with E-state index in [2.05, 4.69) is 34.4 Å². The number of rotatable bonds is 3. The van der Waals surface area contributed by atoms with E-state index in [0.717, 1.165) is 19.8 Å². The summed E-state index contributed by atoms with van der Waals surface area (Å²) in [6.45, 7) is 6.45. The lowest BCUT2D eigenvalue weighted by molar-refractivity contribution is -0.00501. The molecule has 1 unspecified atom stereocenters. The molecule has 1 aliphatic rings. The molecule has 0 bridgehead atoms. The molecule has 3 heteroatoms. The van der Waals surface area contributed by atoms with Gasteiger partial charge in [0.1, 0.15) is 0 Å². The van der Waals surface area contributed by atoms with Crippen molar-refractivity contribution in [2.45, 2.75) is 19.4 Å². The van der Waals surface area contributed by atoms with Crippen molar-refractivity contribution in [3.8, 4) is 0 Å². The molecule has 0 aromatic rings. The number of morpholine rings is 1. The molecule has 0 saturated carbocycles. The highest BCUT2D eigenvalue weighted by Crippen LogP contribution is 2.09. The summed E-state index contributed by atoms with van der Waals surface area (Å²) in [5.41, 5.74) is 0. The van der Waals surface area contributed by atoms with Crippen molar-refractivity contribution in [1.82, 2.24) is 4.90 Å². The minimum Gasteiger partial charge on any atom is -0.378 e. The molecule has 1 aliphatic heterocycles. The summed E-state index contributed by atoms with van der Waals surface area (Å²) in [6.07, 6.45) is 1.22. The molecule has 0 amide bonds. The van der Waals surface area contributed by atoms with Crippen LogP contribution in [0.4, 0.5) is 0 Å². The SMILES string of the molecule is CCC1COCCN1CCI. The van der Waals surface area contributed by atoms with Crippen molar-refractivity contribution < 1.29 is 4.74 Å². The average Bonchev–Trinajstić information content (AvgIpc) is 2.06. The Kier molecular flexibility index (Phi) is 4.71. The molecule has 66 valence electrons. The molecule has 0 aromatic carbocycles. The molecule has 1 saturated heterocycles. The molecular weight excluding hydrogens is 253 g/mol. The lowest BCUT2D eigenvalue weighted by atomic mass is 10.2. The van der Waals surface area contributed by atoms with Crippen LogP contribution >= 0.6 is 22.6 Å². The molecule has 0 aromatic heterocycles. The number of nitrogens with zero attached hydrogens (tertiary/aromatic N) is 1. The monoisotopic (exact) mass is 269 g/mol. The summed E-state index contributed by atoms with van der Waals surface area (Å²) in [7, 11) is 0. The second-order valence-electron chi connectivity index (χ2n) is 2.86.